The van der Waals surface area contributed by atoms with E-state index in [9.17, 15) is 0 Å². The fourth-order valence-electron chi connectivity index (χ4n) is 3.11. The molecule has 0 spiro atoms. The fourth-order valence-corrected chi connectivity index (χ4v) is 3.98. The molecule has 4 rings (SSSR count). The molecule has 0 aliphatic heterocycles. The Morgan fingerprint density at radius 2 is 2.08 bits per heavy atom. The molecular formula is C17H19N7OS. The molecule has 0 amide bonds. The molecule has 1 saturated carbocycles. The summed E-state index contributed by atoms with van der Waals surface area (Å²) in [5, 5.41) is 24.7. The van der Waals surface area contributed by atoms with E-state index in [2.05, 4.69) is 20.6 Å². The van der Waals surface area contributed by atoms with E-state index in [1.807, 2.05) is 17.8 Å². The van der Waals surface area contributed by atoms with Crippen LogP contribution in [0.25, 0.3) is 11.4 Å². The third kappa shape index (κ3) is 2.84. The number of hydrogen-bond acceptors (Lipinski definition) is 7. The Bertz CT molecular complexity index is 1050. The first-order valence-electron chi connectivity index (χ1n) is 8.23. The highest BCUT2D eigenvalue weighted by Crippen LogP contribution is 2.56. The SMILES string of the molecule is COc1cc(C2CC2c2cc(-c3ccc(=N)n(C(C)=N)n3)n(C)n2)sn1. The van der Waals surface area contributed by atoms with Crippen molar-refractivity contribution in [3.8, 4) is 17.3 Å². The van der Waals surface area contributed by atoms with Crippen molar-refractivity contribution in [2.75, 3.05) is 7.11 Å². The molecule has 26 heavy (non-hydrogen) atoms. The minimum atomic E-state index is 0.185. The molecule has 1 aliphatic rings. The van der Waals surface area contributed by atoms with Gasteiger partial charge < -0.3 is 4.74 Å². The maximum atomic E-state index is 7.86. The van der Waals surface area contributed by atoms with Crippen LogP contribution in [0.4, 0.5) is 0 Å². The zero-order valence-corrected chi connectivity index (χ0v) is 15.5. The molecule has 0 aromatic carbocycles. The monoisotopic (exact) mass is 369 g/mol. The molecule has 8 nitrogen and oxygen atoms in total. The summed E-state index contributed by atoms with van der Waals surface area (Å²) in [5.41, 5.74) is 2.80. The summed E-state index contributed by atoms with van der Waals surface area (Å²) in [4.78, 5) is 1.23. The summed E-state index contributed by atoms with van der Waals surface area (Å²) in [7, 11) is 3.52. The Labute approximate surface area is 154 Å². The summed E-state index contributed by atoms with van der Waals surface area (Å²) in [6.07, 6.45) is 1.06. The Morgan fingerprint density at radius 1 is 1.27 bits per heavy atom. The van der Waals surface area contributed by atoms with Crippen molar-refractivity contribution in [1.29, 1.82) is 10.8 Å². The van der Waals surface area contributed by atoms with Gasteiger partial charge in [-0.3, -0.25) is 15.5 Å². The fraction of sp³-hybridized carbons (Fsp3) is 0.353. The average Bonchev–Trinajstić information content (AvgIpc) is 3.10. The first-order chi connectivity index (χ1) is 12.5. The molecular weight excluding hydrogens is 350 g/mol. The van der Waals surface area contributed by atoms with Crippen LogP contribution in [-0.4, -0.2) is 36.9 Å². The number of ether oxygens (including phenoxy) is 1. The minimum absolute atomic E-state index is 0.185. The quantitative estimate of drug-likeness (QED) is 0.544. The van der Waals surface area contributed by atoms with Gasteiger partial charge in [-0.2, -0.15) is 14.6 Å². The van der Waals surface area contributed by atoms with Gasteiger partial charge in [-0.05, 0) is 43.1 Å². The van der Waals surface area contributed by atoms with Gasteiger partial charge in [0, 0.05) is 29.8 Å². The van der Waals surface area contributed by atoms with E-state index < -0.39 is 0 Å². The highest BCUT2D eigenvalue weighted by atomic mass is 32.1. The summed E-state index contributed by atoms with van der Waals surface area (Å²) < 4.78 is 12.6. The standard InChI is InChI=1S/C17H19N7OS/c1-9(18)24-16(19)5-4-12(21-24)14-7-13(20-23(14)2)10-6-11(10)15-8-17(25-3)22-26-15/h4-5,7-8,10-11,18-19H,6H2,1-3H3. The lowest BCUT2D eigenvalue weighted by atomic mass is 10.2. The average molecular weight is 369 g/mol. The van der Waals surface area contributed by atoms with Crippen LogP contribution in [-0.2, 0) is 7.05 Å². The van der Waals surface area contributed by atoms with Gasteiger partial charge in [0.15, 0.2) is 0 Å². The van der Waals surface area contributed by atoms with Gasteiger partial charge in [0.05, 0.1) is 18.5 Å². The summed E-state index contributed by atoms with van der Waals surface area (Å²) in [6.45, 7) is 1.61. The highest BCUT2D eigenvalue weighted by molar-refractivity contribution is 7.06. The summed E-state index contributed by atoms with van der Waals surface area (Å²) >= 11 is 1.49. The van der Waals surface area contributed by atoms with Crippen LogP contribution in [0, 0.1) is 10.8 Å². The van der Waals surface area contributed by atoms with Gasteiger partial charge in [-0.15, -0.1) is 0 Å². The number of hydrogen-bond donors (Lipinski definition) is 2. The highest BCUT2D eigenvalue weighted by Gasteiger charge is 2.43. The maximum absolute atomic E-state index is 7.86. The van der Waals surface area contributed by atoms with Crippen molar-refractivity contribution in [3.63, 3.8) is 0 Å². The second-order valence-electron chi connectivity index (χ2n) is 6.40. The second kappa shape index (κ2) is 6.17. The van der Waals surface area contributed by atoms with E-state index in [4.69, 9.17) is 15.6 Å². The van der Waals surface area contributed by atoms with Gasteiger partial charge >= 0.3 is 0 Å². The number of aromatic nitrogens is 5. The molecule has 2 unspecified atom stereocenters. The van der Waals surface area contributed by atoms with Crippen molar-refractivity contribution < 1.29 is 4.74 Å². The van der Waals surface area contributed by atoms with Gasteiger partial charge in [0.1, 0.15) is 17.0 Å². The van der Waals surface area contributed by atoms with Gasteiger partial charge in [-0.1, -0.05) is 0 Å². The number of nitrogens with one attached hydrogen (secondary N) is 2. The lowest BCUT2D eigenvalue weighted by molar-refractivity contribution is 0.402. The first-order valence-corrected chi connectivity index (χ1v) is 9.00. The molecule has 0 bridgehead atoms. The predicted molar refractivity (Wildman–Crippen MR) is 97.8 cm³/mol. The smallest absolute Gasteiger partial charge is 0.225 e. The van der Waals surface area contributed by atoms with Crippen molar-refractivity contribution >= 4 is 17.4 Å². The zero-order valence-electron chi connectivity index (χ0n) is 14.7. The number of aryl methyl sites for hydroxylation is 1. The lowest BCUT2D eigenvalue weighted by Crippen LogP contribution is -2.27. The van der Waals surface area contributed by atoms with Gasteiger partial charge in [-0.25, -0.2) is 4.68 Å². The van der Waals surface area contributed by atoms with E-state index in [1.54, 1.807) is 26.2 Å². The normalized spacial score (nSPS) is 18.7. The third-order valence-electron chi connectivity index (χ3n) is 4.57. The van der Waals surface area contributed by atoms with E-state index in [0.29, 0.717) is 23.4 Å². The Kier molecular flexibility index (Phi) is 3.95. The zero-order chi connectivity index (χ0) is 18.4. The Balaban J connectivity index is 1.62. The molecule has 0 radical (unpaired) electrons. The topological polar surface area (TPSA) is 105 Å². The minimum Gasteiger partial charge on any atom is -0.480 e. The molecule has 2 N–H and O–H groups in total. The molecule has 3 heterocycles. The number of nitrogens with zero attached hydrogens (tertiary/aromatic N) is 5. The summed E-state index contributed by atoms with van der Waals surface area (Å²) in [6, 6.07) is 7.50. The van der Waals surface area contributed by atoms with E-state index in [0.717, 1.165) is 17.8 Å². The molecule has 9 heteroatoms. The predicted octanol–water partition coefficient (Wildman–Crippen LogP) is 2.34. The molecule has 134 valence electrons. The van der Waals surface area contributed by atoms with E-state index in [-0.39, 0.29) is 11.3 Å². The van der Waals surface area contributed by atoms with Crippen molar-refractivity contribution in [2.24, 2.45) is 7.05 Å². The van der Waals surface area contributed by atoms with Crippen LogP contribution in [0.2, 0.25) is 0 Å². The van der Waals surface area contributed by atoms with Crippen molar-refractivity contribution in [3.05, 3.63) is 40.3 Å². The largest absolute Gasteiger partial charge is 0.480 e. The third-order valence-corrected chi connectivity index (χ3v) is 5.47. The molecule has 0 saturated heterocycles. The molecule has 3 aromatic heterocycles. The molecule has 1 aliphatic carbocycles. The van der Waals surface area contributed by atoms with Crippen LogP contribution in [0.15, 0.2) is 24.3 Å². The van der Waals surface area contributed by atoms with Crippen molar-refractivity contribution in [1.82, 2.24) is 23.9 Å². The number of methoxy groups -OCH3 is 1. The lowest BCUT2D eigenvalue weighted by Gasteiger charge is -2.06. The van der Waals surface area contributed by atoms with Crippen LogP contribution >= 0.6 is 11.5 Å². The van der Waals surface area contributed by atoms with Gasteiger partial charge in [0.25, 0.3) is 0 Å². The summed E-state index contributed by atoms with van der Waals surface area (Å²) in [5.74, 6) is 1.70. The van der Waals surface area contributed by atoms with Crippen LogP contribution < -0.4 is 10.2 Å². The van der Waals surface area contributed by atoms with E-state index >= 15 is 0 Å². The van der Waals surface area contributed by atoms with Crippen LogP contribution in [0.1, 0.15) is 35.8 Å². The second-order valence-corrected chi connectivity index (χ2v) is 7.24. The van der Waals surface area contributed by atoms with Crippen LogP contribution in [0.3, 0.4) is 0 Å². The van der Waals surface area contributed by atoms with Crippen LogP contribution in [0.5, 0.6) is 5.88 Å². The molecule has 1 fully saturated rings. The van der Waals surface area contributed by atoms with Gasteiger partial charge in [0.2, 0.25) is 5.88 Å². The first kappa shape index (κ1) is 16.6. The van der Waals surface area contributed by atoms with Crippen molar-refractivity contribution in [2.45, 2.75) is 25.2 Å². The molecule has 3 aromatic rings. The number of rotatable bonds is 4. The maximum Gasteiger partial charge on any atom is 0.225 e. The molecule has 2 atom stereocenters. The Hall–Kier alpha value is -2.81. The van der Waals surface area contributed by atoms with E-state index in [1.165, 1.54) is 21.1 Å². The Morgan fingerprint density at radius 3 is 2.77 bits per heavy atom.